The molecule has 1 radical (unpaired) electrons. The lowest BCUT2D eigenvalue weighted by molar-refractivity contribution is 0.0686. The smallest absolute Gasteiger partial charge is 0.335 e. The van der Waals surface area contributed by atoms with Gasteiger partial charge in [0.2, 0.25) is 0 Å². The van der Waals surface area contributed by atoms with Gasteiger partial charge in [-0.1, -0.05) is 24.3 Å². The fourth-order valence-electron chi connectivity index (χ4n) is 1.72. The molecule has 2 N–H and O–H groups in total. The number of benzene rings is 2. The van der Waals surface area contributed by atoms with E-state index in [9.17, 15) is 9.59 Å². The molecule has 2 rings (SSSR count). The molecule has 4 nitrogen and oxygen atoms in total. The number of rotatable bonds is 4. The zero-order chi connectivity index (χ0) is 13.8. The molecule has 0 unspecified atom stereocenters. The van der Waals surface area contributed by atoms with Crippen molar-refractivity contribution >= 4 is 11.9 Å². The second kappa shape index (κ2) is 5.35. The van der Waals surface area contributed by atoms with E-state index in [1.807, 2.05) is 0 Å². The average molecular weight is 255 g/mol. The van der Waals surface area contributed by atoms with Crippen molar-refractivity contribution in [3.63, 3.8) is 0 Å². The lowest BCUT2D eigenvalue weighted by Gasteiger charge is -2.04. The van der Waals surface area contributed by atoms with E-state index in [1.54, 1.807) is 30.7 Å². The first kappa shape index (κ1) is 12.8. The molecule has 2 aromatic carbocycles. The first-order valence-corrected chi connectivity index (χ1v) is 5.58. The van der Waals surface area contributed by atoms with Crippen molar-refractivity contribution in [2.45, 2.75) is 0 Å². The maximum Gasteiger partial charge on any atom is 0.335 e. The minimum Gasteiger partial charge on any atom is -0.478 e. The highest BCUT2D eigenvalue weighted by Gasteiger charge is 2.06. The third-order valence-corrected chi connectivity index (χ3v) is 2.60. The number of carbonyl (C=O) groups is 2. The maximum absolute atomic E-state index is 10.9. The van der Waals surface area contributed by atoms with Crippen LogP contribution in [0.5, 0.6) is 0 Å². The van der Waals surface area contributed by atoms with Gasteiger partial charge in [0.1, 0.15) is 0 Å². The molecular formula is C15H11O4. The van der Waals surface area contributed by atoms with Gasteiger partial charge in [-0.3, -0.25) is 0 Å². The zero-order valence-electron chi connectivity index (χ0n) is 9.91. The molecule has 0 saturated heterocycles. The summed E-state index contributed by atoms with van der Waals surface area (Å²) in [5, 5.41) is 17.8. The largest absolute Gasteiger partial charge is 0.478 e. The lowest BCUT2D eigenvalue weighted by atomic mass is 10.0. The van der Waals surface area contributed by atoms with Crippen LogP contribution < -0.4 is 0 Å². The van der Waals surface area contributed by atoms with E-state index in [0.717, 1.165) is 0 Å². The molecule has 0 aliphatic carbocycles. The van der Waals surface area contributed by atoms with Gasteiger partial charge in [-0.2, -0.15) is 0 Å². The Bertz CT molecular complexity index is 576. The molecule has 0 atom stereocenters. The molecule has 0 aliphatic rings. The lowest BCUT2D eigenvalue weighted by Crippen LogP contribution is -1.98. The Morgan fingerprint density at radius 2 is 1.21 bits per heavy atom. The Hall–Kier alpha value is -2.62. The van der Waals surface area contributed by atoms with Crippen LogP contribution in [-0.4, -0.2) is 22.2 Å². The third-order valence-electron chi connectivity index (χ3n) is 2.60. The fraction of sp³-hybridized carbons (Fsp3) is 0. The van der Waals surface area contributed by atoms with Crippen LogP contribution in [-0.2, 0) is 0 Å². The van der Waals surface area contributed by atoms with Gasteiger partial charge < -0.3 is 10.2 Å². The normalized spacial score (nSPS) is 10.1. The molecule has 0 amide bonds. The Morgan fingerprint density at radius 3 is 1.58 bits per heavy atom. The predicted octanol–water partition coefficient (Wildman–Crippen LogP) is 2.68. The van der Waals surface area contributed by atoms with Crippen LogP contribution in [0.1, 0.15) is 31.8 Å². The molecule has 0 saturated carbocycles. The van der Waals surface area contributed by atoms with Crippen molar-refractivity contribution in [1.29, 1.82) is 0 Å². The van der Waals surface area contributed by atoms with Crippen LogP contribution in [0, 0.1) is 6.42 Å². The summed E-state index contributed by atoms with van der Waals surface area (Å²) in [6, 6.07) is 12.9. The summed E-state index contributed by atoms with van der Waals surface area (Å²) in [4.78, 5) is 21.7. The minimum atomic E-state index is -0.991. The number of hydrogen-bond donors (Lipinski definition) is 2. The number of hydrogen-bond acceptors (Lipinski definition) is 2. The fourth-order valence-corrected chi connectivity index (χ4v) is 1.72. The number of carboxylic acids is 2. The van der Waals surface area contributed by atoms with E-state index in [-0.39, 0.29) is 11.1 Å². The van der Waals surface area contributed by atoms with Gasteiger partial charge in [-0.25, -0.2) is 9.59 Å². The summed E-state index contributed by atoms with van der Waals surface area (Å²) >= 11 is 0. The molecule has 2 aromatic rings. The van der Waals surface area contributed by atoms with E-state index in [1.165, 1.54) is 24.3 Å². The molecule has 0 bridgehead atoms. The molecule has 0 fully saturated rings. The van der Waals surface area contributed by atoms with Crippen LogP contribution >= 0.6 is 0 Å². The van der Waals surface area contributed by atoms with Crippen LogP contribution in [0.4, 0.5) is 0 Å². The molecule has 4 heteroatoms. The summed E-state index contributed by atoms with van der Waals surface area (Å²) in [6.07, 6.45) is 1.74. The van der Waals surface area contributed by atoms with E-state index in [4.69, 9.17) is 10.2 Å². The van der Waals surface area contributed by atoms with Crippen LogP contribution in [0.15, 0.2) is 48.5 Å². The quantitative estimate of drug-likeness (QED) is 0.880. The van der Waals surface area contributed by atoms with Crippen molar-refractivity contribution < 1.29 is 19.8 Å². The standard InChI is InChI=1S/C15H11O4/c16-14(17)12-5-1-3-10(8-12)7-11-4-2-6-13(9-11)15(18)19/h1-9H,(H,16,17)(H,18,19). The highest BCUT2D eigenvalue weighted by molar-refractivity contribution is 5.88. The zero-order valence-corrected chi connectivity index (χ0v) is 9.91. The van der Waals surface area contributed by atoms with Crippen molar-refractivity contribution in [1.82, 2.24) is 0 Å². The molecule has 0 heterocycles. The second-order valence-electron chi connectivity index (χ2n) is 4.01. The van der Waals surface area contributed by atoms with E-state index in [0.29, 0.717) is 11.1 Å². The summed E-state index contributed by atoms with van der Waals surface area (Å²) < 4.78 is 0. The van der Waals surface area contributed by atoms with Gasteiger partial charge in [0.15, 0.2) is 0 Å². The van der Waals surface area contributed by atoms with Gasteiger partial charge in [-0.05, 0) is 35.4 Å². The van der Waals surface area contributed by atoms with Gasteiger partial charge in [-0.15, -0.1) is 0 Å². The van der Waals surface area contributed by atoms with Crippen molar-refractivity contribution in [2.24, 2.45) is 0 Å². The first-order valence-electron chi connectivity index (χ1n) is 5.58. The SMILES string of the molecule is O=C(O)c1cccc([CH]c2cccc(C(=O)O)c2)c1. The highest BCUT2D eigenvalue weighted by atomic mass is 16.4. The van der Waals surface area contributed by atoms with Crippen LogP contribution in [0.2, 0.25) is 0 Å². The minimum absolute atomic E-state index is 0.197. The molecule has 0 aromatic heterocycles. The first-order chi connectivity index (χ1) is 9.06. The Kier molecular flexibility index (Phi) is 3.61. The molecule has 19 heavy (non-hydrogen) atoms. The Balaban J connectivity index is 2.26. The highest BCUT2D eigenvalue weighted by Crippen LogP contribution is 2.15. The van der Waals surface area contributed by atoms with Crippen LogP contribution in [0.3, 0.4) is 0 Å². The topological polar surface area (TPSA) is 74.6 Å². The van der Waals surface area contributed by atoms with Gasteiger partial charge in [0.25, 0.3) is 0 Å². The van der Waals surface area contributed by atoms with Crippen LogP contribution in [0.25, 0.3) is 0 Å². The third kappa shape index (κ3) is 3.19. The summed E-state index contributed by atoms with van der Waals surface area (Å²) in [5.74, 6) is -1.98. The monoisotopic (exact) mass is 255 g/mol. The molecule has 0 spiro atoms. The predicted molar refractivity (Wildman–Crippen MR) is 69.3 cm³/mol. The van der Waals surface area contributed by atoms with E-state index >= 15 is 0 Å². The second-order valence-corrected chi connectivity index (χ2v) is 4.01. The summed E-state index contributed by atoms with van der Waals surface area (Å²) in [7, 11) is 0. The summed E-state index contributed by atoms with van der Waals surface area (Å²) in [5.41, 5.74) is 1.82. The Morgan fingerprint density at radius 1 is 0.789 bits per heavy atom. The van der Waals surface area contributed by atoms with Gasteiger partial charge in [0, 0.05) is 6.42 Å². The van der Waals surface area contributed by atoms with E-state index < -0.39 is 11.9 Å². The molecule has 0 aliphatic heterocycles. The Labute approximate surface area is 109 Å². The van der Waals surface area contributed by atoms with E-state index in [2.05, 4.69) is 0 Å². The molecular weight excluding hydrogens is 244 g/mol. The van der Waals surface area contributed by atoms with Gasteiger partial charge >= 0.3 is 11.9 Å². The van der Waals surface area contributed by atoms with Crippen molar-refractivity contribution in [3.8, 4) is 0 Å². The van der Waals surface area contributed by atoms with Gasteiger partial charge in [0.05, 0.1) is 11.1 Å². The van der Waals surface area contributed by atoms with Crippen molar-refractivity contribution in [3.05, 3.63) is 77.2 Å². The number of carboxylic acid groups (broad SMARTS) is 2. The van der Waals surface area contributed by atoms with Crippen molar-refractivity contribution in [2.75, 3.05) is 0 Å². The average Bonchev–Trinajstić information content (AvgIpc) is 2.39. The summed E-state index contributed by atoms with van der Waals surface area (Å²) in [6.45, 7) is 0. The molecule has 95 valence electrons. The number of aromatic carboxylic acids is 2. The maximum atomic E-state index is 10.9.